The zero-order valence-electron chi connectivity index (χ0n) is 12.3. The SMILES string of the molecule is CCCOc1ccc(C(C)NCc2cc(C)no2)cc1. The molecule has 0 saturated heterocycles. The molecule has 1 aromatic heterocycles. The third-order valence-corrected chi connectivity index (χ3v) is 3.11. The Bertz CT molecular complexity index is 520. The molecule has 4 heteroatoms. The van der Waals surface area contributed by atoms with Gasteiger partial charge in [-0.15, -0.1) is 0 Å². The van der Waals surface area contributed by atoms with Crippen LogP contribution in [0.2, 0.25) is 0 Å². The molecule has 0 aliphatic carbocycles. The molecule has 0 aliphatic rings. The highest BCUT2D eigenvalue weighted by atomic mass is 16.5. The fourth-order valence-corrected chi connectivity index (χ4v) is 1.94. The standard InChI is InChI=1S/C16H22N2O2/c1-4-9-19-15-7-5-14(6-8-15)13(3)17-11-16-10-12(2)18-20-16/h5-8,10,13,17H,4,9,11H2,1-3H3. The molecule has 2 rings (SSSR count). The summed E-state index contributed by atoms with van der Waals surface area (Å²) in [4.78, 5) is 0. The molecule has 0 saturated carbocycles. The first-order valence-electron chi connectivity index (χ1n) is 7.07. The number of nitrogens with zero attached hydrogens (tertiary/aromatic N) is 1. The second-order valence-corrected chi connectivity index (χ2v) is 4.95. The van der Waals surface area contributed by atoms with Crippen molar-refractivity contribution in [1.29, 1.82) is 0 Å². The van der Waals surface area contributed by atoms with E-state index in [0.29, 0.717) is 6.54 Å². The van der Waals surface area contributed by atoms with Gasteiger partial charge in [0, 0.05) is 12.1 Å². The van der Waals surface area contributed by atoms with Crippen molar-refractivity contribution in [3.63, 3.8) is 0 Å². The molecule has 0 bridgehead atoms. The lowest BCUT2D eigenvalue weighted by Crippen LogP contribution is -2.17. The van der Waals surface area contributed by atoms with Gasteiger partial charge in [0.2, 0.25) is 0 Å². The number of benzene rings is 1. The van der Waals surface area contributed by atoms with Gasteiger partial charge in [0.1, 0.15) is 5.75 Å². The van der Waals surface area contributed by atoms with Crippen LogP contribution in [0, 0.1) is 6.92 Å². The number of nitrogens with one attached hydrogen (secondary N) is 1. The van der Waals surface area contributed by atoms with E-state index in [2.05, 4.69) is 36.5 Å². The Kier molecular flexibility index (Phi) is 5.18. The molecular weight excluding hydrogens is 252 g/mol. The maximum absolute atomic E-state index is 5.58. The molecule has 0 radical (unpaired) electrons. The lowest BCUT2D eigenvalue weighted by molar-refractivity contribution is 0.317. The summed E-state index contributed by atoms with van der Waals surface area (Å²) in [6, 6.07) is 10.4. The Morgan fingerprint density at radius 1 is 1.30 bits per heavy atom. The zero-order chi connectivity index (χ0) is 14.4. The van der Waals surface area contributed by atoms with Crippen molar-refractivity contribution >= 4 is 0 Å². The molecule has 0 fully saturated rings. The highest BCUT2D eigenvalue weighted by Gasteiger charge is 2.07. The Morgan fingerprint density at radius 2 is 2.05 bits per heavy atom. The fourth-order valence-electron chi connectivity index (χ4n) is 1.94. The van der Waals surface area contributed by atoms with Crippen LogP contribution in [0.15, 0.2) is 34.9 Å². The number of aryl methyl sites for hydroxylation is 1. The summed E-state index contributed by atoms with van der Waals surface area (Å²) in [6.45, 7) is 7.59. The number of rotatable bonds is 7. The van der Waals surface area contributed by atoms with E-state index in [0.717, 1.165) is 30.2 Å². The van der Waals surface area contributed by atoms with Crippen LogP contribution in [0.3, 0.4) is 0 Å². The monoisotopic (exact) mass is 274 g/mol. The lowest BCUT2D eigenvalue weighted by atomic mass is 10.1. The van der Waals surface area contributed by atoms with E-state index in [9.17, 15) is 0 Å². The quantitative estimate of drug-likeness (QED) is 0.837. The number of ether oxygens (including phenoxy) is 1. The van der Waals surface area contributed by atoms with Gasteiger partial charge in [-0.05, 0) is 38.0 Å². The average molecular weight is 274 g/mol. The third-order valence-electron chi connectivity index (χ3n) is 3.11. The minimum absolute atomic E-state index is 0.251. The summed E-state index contributed by atoms with van der Waals surface area (Å²) in [6.07, 6.45) is 1.02. The van der Waals surface area contributed by atoms with Gasteiger partial charge in [-0.25, -0.2) is 0 Å². The zero-order valence-corrected chi connectivity index (χ0v) is 12.3. The molecule has 4 nitrogen and oxygen atoms in total. The Labute approximate surface area is 120 Å². The molecule has 1 aromatic carbocycles. The Hall–Kier alpha value is -1.81. The topological polar surface area (TPSA) is 47.3 Å². The third kappa shape index (κ3) is 4.10. The highest BCUT2D eigenvalue weighted by molar-refractivity contribution is 5.29. The van der Waals surface area contributed by atoms with Crippen molar-refractivity contribution < 1.29 is 9.26 Å². The van der Waals surface area contributed by atoms with Gasteiger partial charge in [-0.2, -0.15) is 0 Å². The molecule has 108 valence electrons. The van der Waals surface area contributed by atoms with E-state index in [4.69, 9.17) is 9.26 Å². The molecular formula is C16H22N2O2. The van der Waals surface area contributed by atoms with Crippen molar-refractivity contribution in [3.8, 4) is 5.75 Å². The van der Waals surface area contributed by atoms with E-state index in [1.807, 2.05) is 25.1 Å². The Balaban J connectivity index is 1.86. The summed E-state index contributed by atoms with van der Waals surface area (Å²) in [5.74, 6) is 1.78. The van der Waals surface area contributed by atoms with Gasteiger partial charge in [0.25, 0.3) is 0 Å². The van der Waals surface area contributed by atoms with Crippen LogP contribution in [0.4, 0.5) is 0 Å². The molecule has 0 spiro atoms. The normalized spacial score (nSPS) is 12.3. The summed E-state index contributed by atoms with van der Waals surface area (Å²) >= 11 is 0. The first-order chi connectivity index (χ1) is 9.69. The maximum atomic E-state index is 5.58. The lowest BCUT2D eigenvalue weighted by Gasteiger charge is -2.13. The van der Waals surface area contributed by atoms with Crippen LogP contribution in [0.1, 0.15) is 43.3 Å². The number of hydrogen-bond acceptors (Lipinski definition) is 4. The van der Waals surface area contributed by atoms with E-state index in [-0.39, 0.29) is 6.04 Å². The van der Waals surface area contributed by atoms with Crippen molar-refractivity contribution in [3.05, 3.63) is 47.3 Å². The molecule has 1 heterocycles. The van der Waals surface area contributed by atoms with Gasteiger partial charge >= 0.3 is 0 Å². The second-order valence-electron chi connectivity index (χ2n) is 4.95. The molecule has 20 heavy (non-hydrogen) atoms. The first-order valence-corrected chi connectivity index (χ1v) is 7.07. The molecule has 0 amide bonds. The molecule has 1 unspecified atom stereocenters. The smallest absolute Gasteiger partial charge is 0.150 e. The van der Waals surface area contributed by atoms with Crippen LogP contribution in [-0.2, 0) is 6.54 Å². The van der Waals surface area contributed by atoms with Crippen LogP contribution >= 0.6 is 0 Å². The first kappa shape index (κ1) is 14.6. The van der Waals surface area contributed by atoms with Gasteiger partial charge in [0.15, 0.2) is 5.76 Å². The van der Waals surface area contributed by atoms with E-state index in [1.54, 1.807) is 0 Å². The summed E-state index contributed by atoms with van der Waals surface area (Å²) in [7, 11) is 0. The number of aromatic nitrogens is 1. The summed E-state index contributed by atoms with van der Waals surface area (Å²) < 4.78 is 10.8. The van der Waals surface area contributed by atoms with E-state index in [1.165, 1.54) is 5.56 Å². The van der Waals surface area contributed by atoms with Crippen LogP contribution in [0.5, 0.6) is 5.75 Å². The molecule has 1 N–H and O–H groups in total. The fraction of sp³-hybridized carbons (Fsp3) is 0.438. The van der Waals surface area contributed by atoms with Gasteiger partial charge in [-0.1, -0.05) is 24.2 Å². The molecule has 1 atom stereocenters. The van der Waals surface area contributed by atoms with Crippen LogP contribution < -0.4 is 10.1 Å². The van der Waals surface area contributed by atoms with E-state index < -0.39 is 0 Å². The maximum Gasteiger partial charge on any atom is 0.150 e. The minimum atomic E-state index is 0.251. The Morgan fingerprint density at radius 3 is 2.65 bits per heavy atom. The minimum Gasteiger partial charge on any atom is -0.494 e. The van der Waals surface area contributed by atoms with Gasteiger partial charge in [0.05, 0.1) is 18.8 Å². The second kappa shape index (κ2) is 7.10. The highest BCUT2D eigenvalue weighted by Crippen LogP contribution is 2.18. The van der Waals surface area contributed by atoms with Gasteiger partial charge in [-0.3, -0.25) is 0 Å². The van der Waals surface area contributed by atoms with Crippen molar-refractivity contribution in [2.45, 2.75) is 39.8 Å². The predicted molar refractivity (Wildman–Crippen MR) is 78.7 cm³/mol. The van der Waals surface area contributed by atoms with Crippen molar-refractivity contribution in [2.75, 3.05) is 6.61 Å². The molecule has 0 aliphatic heterocycles. The average Bonchev–Trinajstić information content (AvgIpc) is 2.89. The van der Waals surface area contributed by atoms with Crippen LogP contribution in [0.25, 0.3) is 0 Å². The van der Waals surface area contributed by atoms with E-state index >= 15 is 0 Å². The summed E-state index contributed by atoms with van der Waals surface area (Å²) in [5, 5.41) is 7.29. The van der Waals surface area contributed by atoms with Crippen LogP contribution in [-0.4, -0.2) is 11.8 Å². The summed E-state index contributed by atoms with van der Waals surface area (Å²) in [5.41, 5.74) is 2.14. The number of hydrogen-bond donors (Lipinski definition) is 1. The largest absolute Gasteiger partial charge is 0.494 e. The molecule has 2 aromatic rings. The van der Waals surface area contributed by atoms with Crippen molar-refractivity contribution in [2.24, 2.45) is 0 Å². The van der Waals surface area contributed by atoms with Crippen molar-refractivity contribution in [1.82, 2.24) is 10.5 Å². The van der Waals surface area contributed by atoms with Gasteiger partial charge < -0.3 is 14.6 Å². The predicted octanol–water partition coefficient (Wildman–Crippen LogP) is 3.62.